The van der Waals surface area contributed by atoms with Gasteiger partial charge in [-0.05, 0) is 33.6 Å². The summed E-state index contributed by atoms with van der Waals surface area (Å²) in [7, 11) is 0. The lowest BCUT2D eigenvalue weighted by Gasteiger charge is -2.00. The second-order valence-corrected chi connectivity index (χ2v) is 3.56. The van der Waals surface area contributed by atoms with Crippen LogP contribution in [0.15, 0.2) is 11.6 Å². The van der Waals surface area contributed by atoms with Crippen molar-refractivity contribution in [1.82, 2.24) is 0 Å². The Morgan fingerprint density at radius 2 is 2.08 bits per heavy atom. The highest BCUT2D eigenvalue weighted by molar-refractivity contribution is 5.11. The number of ether oxygens (including phenoxy) is 1. The summed E-state index contributed by atoms with van der Waals surface area (Å²) < 4.78 is 5.25. The maximum absolute atomic E-state index is 8.00. The zero-order valence-electron chi connectivity index (χ0n) is 8.22. The van der Waals surface area contributed by atoms with Gasteiger partial charge in [0.1, 0.15) is 6.79 Å². The van der Waals surface area contributed by atoms with Crippen molar-refractivity contribution in [3.8, 4) is 0 Å². The maximum atomic E-state index is 8.00. The fourth-order valence-electron chi connectivity index (χ4n) is 0.934. The molecule has 1 fully saturated rings. The minimum Gasteiger partial charge on any atom is -0.370 e. The SMILES string of the molecule is C=O.CC(C)=CCCC1(C)CO1. The quantitative estimate of drug-likeness (QED) is 0.480. The van der Waals surface area contributed by atoms with Gasteiger partial charge in [0.2, 0.25) is 0 Å². The molecule has 0 aromatic rings. The van der Waals surface area contributed by atoms with Gasteiger partial charge in [0.15, 0.2) is 0 Å². The molecule has 0 radical (unpaired) electrons. The first-order valence-corrected chi connectivity index (χ1v) is 4.19. The second-order valence-electron chi connectivity index (χ2n) is 3.56. The Balaban J connectivity index is 0.000000561. The number of hydrogen-bond acceptors (Lipinski definition) is 2. The Hall–Kier alpha value is -0.630. The highest BCUT2D eigenvalue weighted by atomic mass is 16.6. The van der Waals surface area contributed by atoms with Crippen molar-refractivity contribution in [2.45, 2.75) is 39.2 Å². The van der Waals surface area contributed by atoms with E-state index in [4.69, 9.17) is 9.53 Å². The fraction of sp³-hybridized carbons (Fsp3) is 0.700. The Kier molecular flexibility index (Phi) is 4.83. The third kappa shape index (κ3) is 5.08. The molecule has 1 aliphatic rings. The van der Waals surface area contributed by atoms with Crippen LogP contribution in [0.3, 0.4) is 0 Å². The molecule has 0 aliphatic carbocycles. The summed E-state index contributed by atoms with van der Waals surface area (Å²) >= 11 is 0. The summed E-state index contributed by atoms with van der Waals surface area (Å²) in [6.07, 6.45) is 4.62. The van der Waals surface area contributed by atoms with Gasteiger partial charge in [0, 0.05) is 0 Å². The smallest absolute Gasteiger partial charge is 0.106 e. The van der Waals surface area contributed by atoms with E-state index < -0.39 is 0 Å². The standard InChI is InChI=1S/C9H16O.CH2O/c1-8(2)5-4-6-9(3)7-10-9;1-2/h5H,4,6-7H2,1-3H3;1H2. The molecule has 2 heteroatoms. The molecule has 0 saturated carbocycles. The van der Waals surface area contributed by atoms with Gasteiger partial charge in [-0.25, -0.2) is 0 Å². The summed E-state index contributed by atoms with van der Waals surface area (Å²) in [5.41, 5.74) is 1.65. The summed E-state index contributed by atoms with van der Waals surface area (Å²) in [5, 5.41) is 0. The van der Waals surface area contributed by atoms with Crippen LogP contribution in [0.1, 0.15) is 33.6 Å². The van der Waals surface area contributed by atoms with E-state index >= 15 is 0 Å². The minimum atomic E-state index is 0.242. The Bertz CT molecular complexity index is 153. The number of hydrogen-bond donors (Lipinski definition) is 0. The summed E-state index contributed by atoms with van der Waals surface area (Å²) in [6, 6.07) is 0. The number of epoxide rings is 1. The molecule has 1 atom stereocenters. The van der Waals surface area contributed by atoms with Crippen LogP contribution in [0.4, 0.5) is 0 Å². The van der Waals surface area contributed by atoms with Crippen LogP contribution in [-0.2, 0) is 9.53 Å². The Labute approximate surface area is 74.6 Å². The van der Waals surface area contributed by atoms with E-state index in [0.29, 0.717) is 0 Å². The molecule has 0 bridgehead atoms. The van der Waals surface area contributed by atoms with Crippen LogP contribution < -0.4 is 0 Å². The van der Waals surface area contributed by atoms with Crippen molar-refractivity contribution in [2.75, 3.05) is 6.61 Å². The molecular formula is C10H18O2. The normalized spacial score (nSPS) is 25.2. The highest BCUT2D eigenvalue weighted by Gasteiger charge is 2.37. The molecule has 1 aliphatic heterocycles. The lowest BCUT2D eigenvalue weighted by Crippen LogP contribution is -2.01. The van der Waals surface area contributed by atoms with Crippen LogP contribution in [0.5, 0.6) is 0 Å². The van der Waals surface area contributed by atoms with Crippen molar-refractivity contribution < 1.29 is 9.53 Å². The molecule has 0 amide bonds. The average Bonchev–Trinajstić information content (AvgIpc) is 2.72. The van der Waals surface area contributed by atoms with Crippen LogP contribution in [-0.4, -0.2) is 19.0 Å². The lowest BCUT2D eigenvalue weighted by atomic mass is 10.1. The lowest BCUT2D eigenvalue weighted by molar-refractivity contribution is -0.0979. The van der Waals surface area contributed by atoms with Gasteiger partial charge >= 0.3 is 0 Å². The minimum absolute atomic E-state index is 0.242. The molecule has 0 aromatic carbocycles. The summed E-state index contributed by atoms with van der Waals surface area (Å²) in [4.78, 5) is 8.00. The van der Waals surface area contributed by atoms with E-state index in [1.54, 1.807) is 0 Å². The summed E-state index contributed by atoms with van der Waals surface area (Å²) in [5.74, 6) is 0. The van der Waals surface area contributed by atoms with Crippen molar-refractivity contribution >= 4 is 6.79 Å². The largest absolute Gasteiger partial charge is 0.370 e. The Morgan fingerprint density at radius 1 is 1.58 bits per heavy atom. The molecule has 0 spiro atoms. The molecule has 1 saturated heterocycles. The van der Waals surface area contributed by atoms with E-state index in [1.165, 1.54) is 18.4 Å². The monoisotopic (exact) mass is 170 g/mol. The van der Waals surface area contributed by atoms with Gasteiger partial charge in [0.05, 0.1) is 12.2 Å². The molecule has 1 rings (SSSR count). The van der Waals surface area contributed by atoms with Crippen LogP contribution in [0.25, 0.3) is 0 Å². The van der Waals surface area contributed by atoms with Gasteiger partial charge < -0.3 is 9.53 Å². The molecule has 70 valence electrons. The topological polar surface area (TPSA) is 29.6 Å². The molecular weight excluding hydrogens is 152 g/mol. The first-order valence-electron chi connectivity index (χ1n) is 4.19. The molecule has 1 unspecified atom stereocenters. The van der Waals surface area contributed by atoms with Crippen molar-refractivity contribution in [1.29, 1.82) is 0 Å². The van der Waals surface area contributed by atoms with Gasteiger partial charge in [-0.2, -0.15) is 0 Å². The van der Waals surface area contributed by atoms with Crippen LogP contribution >= 0.6 is 0 Å². The number of carbonyl (C=O) groups is 1. The summed E-state index contributed by atoms with van der Waals surface area (Å²) in [6.45, 7) is 9.40. The van der Waals surface area contributed by atoms with Gasteiger partial charge in [0.25, 0.3) is 0 Å². The second kappa shape index (κ2) is 5.09. The third-order valence-corrected chi connectivity index (χ3v) is 1.86. The van der Waals surface area contributed by atoms with Gasteiger partial charge in [-0.3, -0.25) is 0 Å². The van der Waals surface area contributed by atoms with Gasteiger partial charge in [-0.1, -0.05) is 11.6 Å². The average molecular weight is 170 g/mol. The fourth-order valence-corrected chi connectivity index (χ4v) is 0.934. The molecule has 0 N–H and O–H groups in total. The first kappa shape index (κ1) is 11.4. The van der Waals surface area contributed by atoms with Crippen LogP contribution in [0.2, 0.25) is 0 Å². The maximum Gasteiger partial charge on any atom is 0.106 e. The molecule has 0 aromatic heterocycles. The van der Waals surface area contributed by atoms with E-state index in [-0.39, 0.29) is 5.60 Å². The van der Waals surface area contributed by atoms with E-state index in [1.807, 2.05) is 6.79 Å². The van der Waals surface area contributed by atoms with Crippen LogP contribution in [0, 0.1) is 0 Å². The zero-order valence-corrected chi connectivity index (χ0v) is 8.22. The van der Waals surface area contributed by atoms with Gasteiger partial charge in [-0.15, -0.1) is 0 Å². The third-order valence-electron chi connectivity index (χ3n) is 1.86. The van der Waals surface area contributed by atoms with E-state index in [9.17, 15) is 0 Å². The predicted molar refractivity (Wildman–Crippen MR) is 50.1 cm³/mol. The predicted octanol–water partition coefficient (Wildman–Crippen LogP) is 2.34. The van der Waals surface area contributed by atoms with E-state index in [0.717, 1.165) is 6.61 Å². The number of carbonyl (C=O) groups excluding carboxylic acids is 1. The Morgan fingerprint density at radius 3 is 2.42 bits per heavy atom. The molecule has 12 heavy (non-hydrogen) atoms. The molecule has 2 nitrogen and oxygen atoms in total. The molecule has 1 heterocycles. The van der Waals surface area contributed by atoms with Crippen molar-refractivity contribution in [3.63, 3.8) is 0 Å². The number of allylic oxidation sites excluding steroid dienone is 2. The first-order chi connectivity index (χ1) is 5.62. The highest BCUT2D eigenvalue weighted by Crippen LogP contribution is 2.31. The zero-order chi connectivity index (χ0) is 9.61. The van der Waals surface area contributed by atoms with E-state index in [2.05, 4.69) is 26.8 Å². The van der Waals surface area contributed by atoms with Crippen molar-refractivity contribution in [3.05, 3.63) is 11.6 Å². The number of rotatable bonds is 3. The van der Waals surface area contributed by atoms with Crippen molar-refractivity contribution in [2.24, 2.45) is 0 Å².